The first-order chi connectivity index (χ1) is 14.0. The van der Waals surface area contributed by atoms with E-state index in [1.165, 1.54) is 17.0 Å². The monoisotopic (exact) mass is 430 g/mol. The zero-order valence-electron chi connectivity index (χ0n) is 15.4. The van der Waals surface area contributed by atoms with Crippen LogP contribution in [0.2, 0.25) is 10.0 Å². The molecule has 0 radical (unpaired) electrons. The van der Waals surface area contributed by atoms with Gasteiger partial charge in [0.05, 0.1) is 17.8 Å². The van der Waals surface area contributed by atoms with Crippen molar-refractivity contribution in [2.75, 3.05) is 6.54 Å². The van der Waals surface area contributed by atoms with Crippen molar-refractivity contribution >= 4 is 29.1 Å². The number of halogens is 3. The van der Waals surface area contributed by atoms with Crippen LogP contribution in [0.4, 0.5) is 4.39 Å². The minimum Gasteiger partial charge on any atom is -0.441 e. The fraction of sp³-hybridized carbons (Fsp3) is 0.182. The van der Waals surface area contributed by atoms with Gasteiger partial charge >= 0.3 is 0 Å². The van der Waals surface area contributed by atoms with Crippen molar-refractivity contribution in [3.05, 3.63) is 76.0 Å². The summed E-state index contributed by atoms with van der Waals surface area (Å²) in [6.07, 6.45) is 7.44. The molecule has 29 heavy (non-hydrogen) atoms. The lowest BCUT2D eigenvalue weighted by Crippen LogP contribution is -2.31. The molecule has 2 aromatic carbocycles. The summed E-state index contributed by atoms with van der Waals surface area (Å²) in [6, 6.07) is 11.0. The van der Waals surface area contributed by atoms with Crippen molar-refractivity contribution in [2.45, 2.75) is 19.4 Å². The number of aryl methyl sites for hydroxylation is 1. The number of carbonyl (C=O) groups excluding carboxylic acids is 1. The molecule has 0 saturated carbocycles. The number of amides is 1. The Hall–Kier alpha value is -2.81. The predicted molar refractivity (Wildman–Crippen MR) is 111 cm³/mol. The molecule has 0 aliphatic rings. The Balaban J connectivity index is 1.63. The quantitative estimate of drug-likeness (QED) is 0.472. The summed E-state index contributed by atoms with van der Waals surface area (Å²) < 4.78 is 18.8. The fourth-order valence-electron chi connectivity index (χ4n) is 2.76. The average Bonchev–Trinajstić information content (AvgIpc) is 3.16. The largest absolute Gasteiger partial charge is 0.441 e. The topological polar surface area (TPSA) is 46.3 Å². The van der Waals surface area contributed by atoms with E-state index < -0.39 is 0 Å². The van der Waals surface area contributed by atoms with Gasteiger partial charge in [0, 0.05) is 30.0 Å². The number of benzene rings is 2. The molecule has 0 fully saturated rings. The van der Waals surface area contributed by atoms with Gasteiger partial charge in [-0.15, -0.1) is 6.42 Å². The van der Waals surface area contributed by atoms with E-state index in [4.69, 9.17) is 34.0 Å². The van der Waals surface area contributed by atoms with Gasteiger partial charge in [-0.3, -0.25) is 4.79 Å². The Morgan fingerprint density at radius 1 is 1.21 bits per heavy atom. The Morgan fingerprint density at radius 2 is 1.97 bits per heavy atom. The number of hydrogen-bond donors (Lipinski definition) is 0. The lowest BCUT2D eigenvalue weighted by atomic mass is 10.2. The van der Waals surface area contributed by atoms with Gasteiger partial charge in [-0.05, 0) is 35.9 Å². The SMILES string of the molecule is C#CCN(Cc1ccc(F)cc1)C(=O)CCc1ncc(-c2ccc(Cl)cc2Cl)o1. The van der Waals surface area contributed by atoms with Gasteiger partial charge in [0.15, 0.2) is 11.7 Å². The van der Waals surface area contributed by atoms with E-state index in [0.29, 0.717) is 40.2 Å². The van der Waals surface area contributed by atoms with Crippen LogP contribution in [0, 0.1) is 18.2 Å². The maximum absolute atomic E-state index is 13.1. The summed E-state index contributed by atoms with van der Waals surface area (Å²) in [5.74, 6) is 2.93. The second-order valence-corrected chi connectivity index (χ2v) is 7.17. The Labute approximate surface area is 178 Å². The van der Waals surface area contributed by atoms with Crippen LogP contribution in [0.25, 0.3) is 11.3 Å². The first-order valence-electron chi connectivity index (χ1n) is 8.82. The number of nitrogens with zero attached hydrogens (tertiary/aromatic N) is 2. The minimum absolute atomic E-state index is 0.142. The van der Waals surface area contributed by atoms with Crippen LogP contribution in [0.3, 0.4) is 0 Å². The molecule has 0 aliphatic carbocycles. The van der Waals surface area contributed by atoms with Gasteiger partial charge in [0.1, 0.15) is 5.82 Å². The highest BCUT2D eigenvalue weighted by Crippen LogP contribution is 2.30. The summed E-state index contributed by atoms with van der Waals surface area (Å²) in [6.45, 7) is 0.466. The first-order valence-corrected chi connectivity index (χ1v) is 9.57. The lowest BCUT2D eigenvalue weighted by molar-refractivity contribution is -0.131. The van der Waals surface area contributed by atoms with Crippen LogP contribution in [-0.4, -0.2) is 22.3 Å². The molecule has 1 heterocycles. The fourth-order valence-corrected chi connectivity index (χ4v) is 3.27. The molecule has 0 saturated heterocycles. The minimum atomic E-state index is -0.330. The van der Waals surface area contributed by atoms with E-state index in [0.717, 1.165) is 5.56 Å². The maximum Gasteiger partial charge on any atom is 0.224 e. The number of carbonyl (C=O) groups is 1. The summed E-state index contributed by atoms with van der Waals surface area (Å²) in [5, 5.41) is 0.981. The molecule has 0 spiro atoms. The molecule has 0 aliphatic heterocycles. The zero-order valence-corrected chi connectivity index (χ0v) is 16.9. The Kier molecular flexibility index (Phi) is 6.92. The third-order valence-corrected chi connectivity index (χ3v) is 4.77. The molecule has 1 amide bonds. The number of aromatic nitrogens is 1. The van der Waals surface area contributed by atoms with E-state index >= 15 is 0 Å². The van der Waals surface area contributed by atoms with E-state index in [-0.39, 0.29) is 24.7 Å². The van der Waals surface area contributed by atoms with Gasteiger partial charge in [0.25, 0.3) is 0 Å². The summed E-state index contributed by atoms with van der Waals surface area (Å²) in [5.41, 5.74) is 1.47. The molecule has 7 heteroatoms. The van der Waals surface area contributed by atoms with Crippen LogP contribution >= 0.6 is 23.2 Å². The molecule has 3 rings (SSSR count). The van der Waals surface area contributed by atoms with Crippen molar-refractivity contribution in [2.24, 2.45) is 0 Å². The number of rotatable bonds is 7. The van der Waals surface area contributed by atoms with Gasteiger partial charge < -0.3 is 9.32 Å². The number of oxazole rings is 1. The van der Waals surface area contributed by atoms with E-state index in [2.05, 4.69) is 10.9 Å². The molecular weight excluding hydrogens is 414 g/mol. The molecule has 1 aromatic heterocycles. The Bertz CT molecular complexity index is 1040. The van der Waals surface area contributed by atoms with Crippen molar-refractivity contribution in [1.29, 1.82) is 0 Å². The van der Waals surface area contributed by atoms with Crippen LogP contribution in [0.1, 0.15) is 17.9 Å². The lowest BCUT2D eigenvalue weighted by Gasteiger charge is -2.20. The van der Waals surface area contributed by atoms with Gasteiger partial charge in [-0.2, -0.15) is 0 Å². The zero-order chi connectivity index (χ0) is 20.8. The van der Waals surface area contributed by atoms with Gasteiger partial charge in [-0.25, -0.2) is 9.37 Å². The standard InChI is InChI=1S/C22H17Cl2FN2O2/c1-2-11-27(14-15-3-6-17(25)7-4-15)22(28)10-9-21-26-13-20(29-21)18-8-5-16(23)12-19(18)24/h1,3-8,12-13H,9-11,14H2. The van der Waals surface area contributed by atoms with Crippen molar-refractivity contribution < 1.29 is 13.6 Å². The first kappa shape index (κ1) is 20.9. The second-order valence-electron chi connectivity index (χ2n) is 6.32. The van der Waals surface area contributed by atoms with Crippen molar-refractivity contribution in [3.8, 4) is 23.7 Å². The average molecular weight is 431 g/mol. The van der Waals surface area contributed by atoms with Crippen molar-refractivity contribution in [1.82, 2.24) is 9.88 Å². The highest BCUT2D eigenvalue weighted by Gasteiger charge is 2.16. The summed E-state index contributed by atoms with van der Waals surface area (Å²) in [7, 11) is 0. The maximum atomic E-state index is 13.1. The summed E-state index contributed by atoms with van der Waals surface area (Å²) in [4.78, 5) is 18.3. The molecule has 0 atom stereocenters. The molecule has 148 valence electrons. The summed E-state index contributed by atoms with van der Waals surface area (Å²) >= 11 is 12.1. The number of hydrogen-bond acceptors (Lipinski definition) is 3. The van der Waals surface area contributed by atoms with E-state index in [1.54, 1.807) is 36.5 Å². The smallest absolute Gasteiger partial charge is 0.224 e. The van der Waals surface area contributed by atoms with Crippen LogP contribution in [0.15, 0.2) is 53.1 Å². The third-order valence-electron chi connectivity index (χ3n) is 4.22. The molecule has 3 aromatic rings. The normalized spacial score (nSPS) is 10.6. The predicted octanol–water partition coefficient (Wildman–Crippen LogP) is 5.38. The van der Waals surface area contributed by atoms with Gasteiger partial charge in [-0.1, -0.05) is 41.3 Å². The van der Waals surface area contributed by atoms with Crippen LogP contribution < -0.4 is 0 Å². The van der Waals surface area contributed by atoms with Crippen LogP contribution in [-0.2, 0) is 17.8 Å². The molecular formula is C22H17Cl2FN2O2. The molecule has 0 bridgehead atoms. The van der Waals surface area contributed by atoms with Crippen LogP contribution in [0.5, 0.6) is 0 Å². The number of terminal acetylenes is 1. The highest BCUT2D eigenvalue weighted by molar-refractivity contribution is 6.36. The second kappa shape index (κ2) is 9.60. The van der Waals surface area contributed by atoms with Gasteiger partial charge in [0.2, 0.25) is 5.91 Å². The molecule has 0 unspecified atom stereocenters. The third kappa shape index (κ3) is 5.60. The van der Waals surface area contributed by atoms with E-state index in [1.807, 2.05) is 0 Å². The molecule has 0 N–H and O–H groups in total. The highest BCUT2D eigenvalue weighted by atomic mass is 35.5. The van der Waals surface area contributed by atoms with E-state index in [9.17, 15) is 9.18 Å². The Morgan fingerprint density at radius 3 is 2.66 bits per heavy atom. The van der Waals surface area contributed by atoms with Crippen molar-refractivity contribution in [3.63, 3.8) is 0 Å². The molecule has 4 nitrogen and oxygen atoms in total.